The van der Waals surface area contributed by atoms with Gasteiger partial charge >= 0.3 is 0 Å². The van der Waals surface area contributed by atoms with E-state index in [0.29, 0.717) is 16.9 Å². The van der Waals surface area contributed by atoms with E-state index in [1.165, 1.54) is 6.07 Å². The first kappa shape index (κ1) is 12.7. The molecule has 0 heterocycles. The van der Waals surface area contributed by atoms with E-state index in [4.69, 9.17) is 17.3 Å². The summed E-state index contributed by atoms with van der Waals surface area (Å²) in [6, 6.07) is 2.87. The summed E-state index contributed by atoms with van der Waals surface area (Å²) >= 11 is 7.33. The standard InChI is InChI=1S/C11H15ClFNS/c1-6(2)7(3)15-11-4-8(12)9(13)5-10(11)14/h4-7H,14H2,1-3H3. The predicted molar refractivity (Wildman–Crippen MR) is 66.0 cm³/mol. The highest BCUT2D eigenvalue weighted by Gasteiger charge is 2.13. The Labute approximate surface area is 99.2 Å². The molecule has 1 atom stereocenters. The number of nitrogen functional groups attached to an aromatic ring is 1. The maximum atomic E-state index is 13.0. The van der Waals surface area contributed by atoms with Crippen molar-refractivity contribution >= 4 is 29.1 Å². The Balaban J connectivity index is 2.91. The number of benzene rings is 1. The fourth-order valence-electron chi connectivity index (χ4n) is 0.982. The molecule has 0 amide bonds. The third kappa shape index (κ3) is 3.28. The molecule has 84 valence electrons. The second-order valence-corrected chi connectivity index (χ2v) is 5.70. The number of hydrogen-bond acceptors (Lipinski definition) is 2. The van der Waals surface area contributed by atoms with Crippen molar-refractivity contribution < 1.29 is 4.39 Å². The highest BCUT2D eigenvalue weighted by atomic mass is 35.5. The summed E-state index contributed by atoms with van der Waals surface area (Å²) in [5.41, 5.74) is 6.17. The van der Waals surface area contributed by atoms with E-state index in [1.807, 2.05) is 0 Å². The van der Waals surface area contributed by atoms with Gasteiger partial charge in [0.25, 0.3) is 0 Å². The zero-order valence-corrected chi connectivity index (χ0v) is 10.6. The van der Waals surface area contributed by atoms with Gasteiger partial charge in [-0.3, -0.25) is 0 Å². The molecule has 0 bridgehead atoms. The van der Waals surface area contributed by atoms with Crippen molar-refractivity contribution in [3.8, 4) is 0 Å². The van der Waals surface area contributed by atoms with E-state index in [-0.39, 0.29) is 5.02 Å². The van der Waals surface area contributed by atoms with Gasteiger partial charge in [-0.25, -0.2) is 4.39 Å². The minimum absolute atomic E-state index is 0.127. The fourth-order valence-corrected chi connectivity index (χ4v) is 2.26. The average Bonchev–Trinajstić information content (AvgIpc) is 2.13. The summed E-state index contributed by atoms with van der Waals surface area (Å²) in [7, 11) is 0. The maximum absolute atomic E-state index is 13.0. The van der Waals surface area contributed by atoms with Crippen LogP contribution in [0.3, 0.4) is 0 Å². The lowest BCUT2D eigenvalue weighted by molar-refractivity contribution is 0.627. The summed E-state index contributed by atoms with van der Waals surface area (Å²) in [5.74, 6) is 0.0777. The molecular weight excluding hydrogens is 233 g/mol. The molecule has 1 unspecified atom stereocenters. The largest absolute Gasteiger partial charge is 0.398 e. The quantitative estimate of drug-likeness (QED) is 0.640. The van der Waals surface area contributed by atoms with E-state index in [0.717, 1.165) is 4.90 Å². The van der Waals surface area contributed by atoms with E-state index < -0.39 is 5.82 Å². The summed E-state index contributed by atoms with van der Waals surface area (Å²) in [5, 5.41) is 0.552. The summed E-state index contributed by atoms with van der Waals surface area (Å²) in [4.78, 5) is 0.850. The predicted octanol–water partition coefficient (Wildman–Crippen LogP) is 4.20. The molecule has 1 aromatic rings. The van der Waals surface area contributed by atoms with Crippen molar-refractivity contribution in [3.63, 3.8) is 0 Å². The number of halogens is 2. The zero-order chi connectivity index (χ0) is 11.6. The van der Waals surface area contributed by atoms with Gasteiger partial charge in [0.05, 0.1) is 5.02 Å². The Morgan fingerprint density at radius 2 is 1.93 bits per heavy atom. The highest BCUT2D eigenvalue weighted by molar-refractivity contribution is 8.00. The van der Waals surface area contributed by atoms with Gasteiger partial charge in [0.1, 0.15) is 5.82 Å². The topological polar surface area (TPSA) is 26.0 Å². The van der Waals surface area contributed by atoms with Crippen LogP contribution in [0.2, 0.25) is 5.02 Å². The van der Waals surface area contributed by atoms with Crippen LogP contribution in [-0.2, 0) is 0 Å². The number of anilines is 1. The van der Waals surface area contributed by atoms with Gasteiger partial charge in [0, 0.05) is 15.8 Å². The highest BCUT2D eigenvalue weighted by Crippen LogP contribution is 2.34. The third-order valence-electron chi connectivity index (χ3n) is 2.30. The van der Waals surface area contributed by atoms with E-state index in [1.54, 1.807) is 17.8 Å². The molecule has 0 aliphatic heterocycles. The molecule has 0 radical (unpaired) electrons. The number of rotatable bonds is 3. The van der Waals surface area contributed by atoms with Crippen LogP contribution in [0.25, 0.3) is 0 Å². The lowest BCUT2D eigenvalue weighted by Gasteiger charge is -2.16. The van der Waals surface area contributed by atoms with Gasteiger partial charge in [-0.05, 0) is 18.1 Å². The maximum Gasteiger partial charge on any atom is 0.143 e. The Kier molecular flexibility index (Phi) is 4.29. The van der Waals surface area contributed by atoms with Gasteiger partial charge in [-0.2, -0.15) is 0 Å². The molecule has 1 rings (SSSR count). The van der Waals surface area contributed by atoms with Gasteiger partial charge in [-0.1, -0.05) is 32.4 Å². The second kappa shape index (κ2) is 5.08. The van der Waals surface area contributed by atoms with Crippen LogP contribution >= 0.6 is 23.4 Å². The number of hydrogen-bond donors (Lipinski definition) is 1. The first-order valence-electron chi connectivity index (χ1n) is 4.83. The molecule has 0 aromatic heterocycles. The molecule has 0 aliphatic rings. The number of nitrogens with two attached hydrogens (primary N) is 1. The molecule has 2 N–H and O–H groups in total. The number of thioether (sulfide) groups is 1. The lowest BCUT2D eigenvalue weighted by Crippen LogP contribution is -2.06. The molecule has 0 saturated carbocycles. The Hall–Kier alpha value is -0.410. The first-order valence-corrected chi connectivity index (χ1v) is 6.08. The molecule has 0 spiro atoms. The Morgan fingerprint density at radius 3 is 2.47 bits per heavy atom. The molecule has 0 fully saturated rings. The molecule has 4 heteroatoms. The van der Waals surface area contributed by atoms with Crippen LogP contribution in [-0.4, -0.2) is 5.25 Å². The monoisotopic (exact) mass is 247 g/mol. The molecular formula is C11H15ClFNS. The van der Waals surface area contributed by atoms with Crippen LogP contribution in [0, 0.1) is 11.7 Å². The fraction of sp³-hybridized carbons (Fsp3) is 0.455. The van der Waals surface area contributed by atoms with Crippen molar-refractivity contribution in [2.75, 3.05) is 5.73 Å². The minimum atomic E-state index is -0.462. The summed E-state index contributed by atoms with van der Waals surface area (Å²) in [6.07, 6.45) is 0. The summed E-state index contributed by atoms with van der Waals surface area (Å²) in [6.45, 7) is 6.39. The molecule has 1 nitrogen and oxygen atoms in total. The van der Waals surface area contributed by atoms with Crippen molar-refractivity contribution in [1.82, 2.24) is 0 Å². The first-order chi connectivity index (χ1) is 6.91. The molecule has 0 saturated heterocycles. The normalized spacial score (nSPS) is 13.2. The van der Waals surface area contributed by atoms with E-state index in [2.05, 4.69) is 20.8 Å². The molecule has 0 aliphatic carbocycles. The van der Waals surface area contributed by atoms with Crippen molar-refractivity contribution in [2.45, 2.75) is 30.9 Å². The lowest BCUT2D eigenvalue weighted by atomic mass is 10.2. The van der Waals surface area contributed by atoms with Crippen LogP contribution in [0.4, 0.5) is 10.1 Å². The minimum Gasteiger partial charge on any atom is -0.398 e. The van der Waals surface area contributed by atoms with Crippen LogP contribution < -0.4 is 5.73 Å². The van der Waals surface area contributed by atoms with Crippen LogP contribution in [0.5, 0.6) is 0 Å². The third-order valence-corrected chi connectivity index (χ3v) is 4.12. The summed E-state index contributed by atoms with van der Waals surface area (Å²) < 4.78 is 13.0. The van der Waals surface area contributed by atoms with Crippen molar-refractivity contribution in [3.05, 3.63) is 23.0 Å². The van der Waals surface area contributed by atoms with Crippen LogP contribution in [0.1, 0.15) is 20.8 Å². The van der Waals surface area contributed by atoms with Gasteiger partial charge < -0.3 is 5.73 Å². The molecule has 15 heavy (non-hydrogen) atoms. The molecule has 1 aromatic carbocycles. The SMILES string of the molecule is CC(C)C(C)Sc1cc(Cl)c(F)cc1N. The van der Waals surface area contributed by atoms with Crippen LogP contribution in [0.15, 0.2) is 17.0 Å². The smallest absolute Gasteiger partial charge is 0.143 e. The van der Waals surface area contributed by atoms with E-state index >= 15 is 0 Å². The van der Waals surface area contributed by atoms with Gasteiger partial charge in [0.2, 0.25) is 0 Å². The zero-order valence-electron chi connectivity index (χ0n) is 9.05. The Bertz CT molecular complexity index is 355. The van der Waals surface area contributed by atoms with Gasteiger partial charge in [0.15, 0.2) is 0 Å². The van der Waals surface area contributed by atoms with E-state index in [9.17, 15) is 4.39 Å². The van der Waals surface area contributed by atoms with Crippen molar-refractivity contribution in [1.29, 1.82) is 0 Å². The average molecular weight is 248 g/mol. The van der Waals surface area contributed by atoms with Crippen molar-refractivity contribution in [2.24, 2.45) is 5.92 Å². The second-order valence-electron chi connectivity index (χ2n) is 3.87. The Morgan fingerprint density at radius 1 is 1.33 bits per heavy atom. The van der Waals surface area contributed by atoms with Gasteiger partial charge in [-0.15, -0.1) is 11.8 Å².